The Morgan fingerprint density at radius 3 is 2.83 bits per heavy atom. The van der Waals surface area contributed by atoms with E-state index in [0.717, 1.165) is 6.42 Å². The van der Waals surface area contributed by atoms with E-state index in [-0.39, 0.29) is 17.9 Å². The molecule has 6 heteroatoms. The normalized spacial score (nSPS) is 20.9. The SMILES string of the molecule is O=S(=O)(Cc1ccc(Br)cc1F)C1CCCOC1. The predicted molar refractivity (Wildman–Crippen MR) is 70.6 cm³/mol. The van der Waals surface area contributed by atoms with Crippen molar-refractivity contribution in [3.05, 3.63) is 34.1 Å². The molecule has 0 N–H and O–H groups in total. The van der Waals surface area contributed by atoms with Crippen molar-refractivity contribution in [2.75, 3.05) is 13.2 Å². The first-order valence-corrected chi connectivity index (χ1v) is 8.23. The Balaban J connectivity index is 2.16. The zero-order valence-corrected chi connectivity index (χ0v) is 12.1. The molecule has 0 bridgehead atoms. The number of ether oxygens (including phenoxy) is 1. The molecule has 1 aromatic carbocycles. The van der Waals surface area contributed by atoms with E-state index >= 15 is 0 Å². The maximum atomic E-state index is 13.6. The van der Waals surface area contributed by atoms with Crippen molar-refractivity contribution in [3.8, 4) is 0 Å². The summed E-state index contributed by atoms with van der Waals surface area (Å²) in [5.41, 5.74) is 0.212. The molecule has 0 aromatic heterocycles. The first-order valence-electron chi connectivity index (χ1n) is 5.72. The summed E-state index contributed by atoms with van der Waals surface area (Å²) in [6.45, 7) is 0.832. The van der Waals surface area contributed by atoms with E-state index in [1.807, 2.05) is 0 Å². The molecule has 0 radical (unpaired) electrons. The van der Waals surface area contributed by atoms with Crippen LogP contribution in [0.2, 0.25) is 0 Å². The van der Waals surface area contributed by atoms with Crippen molar-refractivity contribution in [2.24, 2.45) is 0 Å². The van der Waals surface area contributed by atoms with E-state index in [2.05, 4.69) is 15.9 Å². The smallest absolute Gasteiger partial charge is 0.159 e. The average Bonchev–Trinajstić information content (AvgIpc) is 2.34. The molecule has 0 aliphatic carbocycles. The van der Waals surface area contributed by atoms with Crippen LogP contribution in [0.15, 0.2) is 22.7 Å². The third-order valence-electron chi connectivity index (χ3n) is 3.00. The van der Waals surface area contributed by atoms with Gasteiger partial charge in [0.05, 0.1) is 17.6 Å². The fourth-order valence-electron chi connectivity index (χ4n) is 1.97. The zero-order valence-electron chi connectivity index (χ0n) is 9.73. The highest BCUT2D eigenvalue weighted by atomic mass is 79.9. The zero-order chi connectivity index (χ0) is 13.2. The van der Waals surface area contributed by atoms with E-state index in [1.54, 1.807) is 6.07 Å². The maximum Gasteiger partial charge on any atom is 0.159 e. The summed E-state index contributed by atoms with van der Waals surface area (Å²) in [7, 11) is -3.35. The van der Waals surface area contributed by atoms with Gasteiger partial charge in [0.15, 0.2) is 9.84 Å². The Morgan fingerprint density at radius 1 is 1.44 bits per heavy atom. The van der Waals surface area contributed by atoms with Crippen LogP contribution in [-0.4, -0.2) is 26.9 Å². The summed E-state index contributed by atoms with van der Waals surface area (Å²) in [5.74, 6) is -0.759. The lowest BCUT2D eigenvalue weighted by Crippen LogP contribution is -2.32. The van der Waals surface area contributed by atoms with Crippen molar-refractivity contribution in [3.63, 3.8) is 0 Å². The van der Waals surface area contributed by atoms with Gasteiger partial charge in [-0.15, -0.1) is 0 Å². The Kier molecular flexibility index (Phi) is 4.40. The Hall–Kier alpha value is -0.460. The molecule has 1 heterocycles. The third kappa shape index (κ3) is 3.30. The molecule has 1 atom stereocenters. The second kappa shape index (κ2) is 5.67. The number of hydrogen-bond acceptors (Lipinski definition) is 3. The molecular formula is C12H14BrFO3S. The van der Waals surface area contributed by atoms with Crippen LogP contribution in [-0.2, 0) is 20.3 Å². The minimum atomic E-state index is -3.35. The van der Waals surface area contributed by atoms with E-state index in [9.17, 15) is 12.8 Å². The predicted octanol–water partition coefficient (Wildman–Crippen LogP) is 2.68. The van der Waals surface area contributed by atoms with Crippen LogP contribution >= 0.6 is 15.9 Å². The van der Waals surface area contributed by atoms with Gasteiger partial charge in [-0.1, -0.05) is 22.0 Å². The minimum Gasteiger partial charge on any atom is -0.380 e. The monoisotopic (exact) mass is 336 g/mol. The Morgan fingerprint density at radius 2 is 2.22 bits per heavy atom. The largest absolute Gasteiger partial charge is 0.380 e. The molecule has 100 valence electrons. The average molecular weight is 337 g/mol. The molecule has 0 spiro atoms. The van der Waals surface area contributed by atoms with Gasteiger partial charge in [0.1, 0.15) is 5.82 Å². The van der Waals surface area contributed by atoms with Crippen molar-refractivity contribution in [2.45, 2.75) is 23.8 Å². The summed E-state index contributed by atoms with van der Waals surface area (Å²) in [6.07, 6.45) is 1.34. The van der Waals surface area contributed by atoms with Gasteiger partial charge in [-0.3, -0.25) is 0 Å². The first-order chi connectivity index (χ1) is 8.49. The van der Waals surface area contributed by atoms with Gasteiger partial charge in [-0.05, 0) is 25.0 Å². The highest BCUT2D eigenvalue weighted by Crippen LogP contribution is 2.22. The molecular weight excluding hydrogens is 323 g/mol. The molecule has 3 nitrogen and oxygen atoms in total. The highest BCUT2D eigenvalue weighted by Gasteiger charge is 2.28. The first kappa shape index (κ1) is 14.0. The molecule has 1 fully saturated rings. The summed E-state index contributed by atoms with van der Waals surface area (Å²) in [4.78, 5) is 0. The van der Waals surface area contributed by atoms with Crippen molar-refractivity contribution in [1.82, 2.24) is 0 Å². The molecule has 0 amide bonds. The summed E-state index contributed by atoms with van der Waals surface area (Å²) in [5, 5.41) is -0.505. The van der Waals surface area contributed by atoms with Crippen LogP contribution in [0, 0.1) is 5.82 Å². The van der Waals surface area contributed by atoms with Crippen molar-refractivity contribution in [1.29, 1.82) is 0 Å². The van der Waals surface area contributed by atoms with Gasteiger partial charge in [0, 0.05) is 16.6 Å². The molecule has 1 aliphatic rings. The van der Waals surface area contributed by atoms with E-state index in [4.69, 9.17) is 4.74 Å². The number of hydrogen-bond donors (Lipinski definition) is 0. The fourth-order valence-corrected chi connectivity index (χ4v) is 4.03. The van der Waals surface area contributed by atoms with Gasteiger partial charge in [-0.25, -0.2) is 12.8 Å². The topological polar surface area (TPSA) is 43.4 Å². The minimum absolute atomic E-state index is 0.212. The van der Waals surface area contributed by atoms with Gasteiger partial charge in [0.25, 0.3) is 0 Å². The quantitative estimate of drug-likeness (QED) is 0.852. The summed E-state index contributed by atoms with van der Waals surface area (Å²) in [6, 6.07) is 4.42. The lowest BCUT2D eigenvalue weighted by Gasteiger charge is -2.22. The highest BCUT2D eigenvalue weighted by molar-refractivity contribution is 9.10. The molecule has 1 aromatic rings. The van der Waals surface area contributed by atoms with Crippen LogP contribution in [0.1, 0.15) is 18.4 Å². The summed E-state index contributed by atoms with van der Waals surface area (Å²) < 4.78 is 43.7. The second-order valence-electron chi connectivity index (χ2n) is 4.38. The number of sulfone groups is 1. The van der Waals surface area contributed by atoms with Gasteiger partial charge < -0.3 is 4.74 Å². The Bertz CT molecular complexity index is 524. The lowest BCUT2D eigenvalue weighted by atomic mass is 10.2. The number of rotatable bonds is 3. The molecule has 2 rings (SSSR count). The second-order valence-corrected chi connectivity index (χ2v) is 7.58. The van der Waals surface area contributed by atoms with Crippen molar-refractivity contribution < 1.29 is 17.5 Å². The van der Waals surface area contributed by atoms with Crippen LogP contribution in [0.25, 0.3) is 0 Å². The van der Waals surface area contributed by atoms with Crippen LogP contribution in [0.3, 0.4) is 0 Å². The third-order valence-corrected chi connectivity index (χ3v) is 5.59. The standard InChI is InChI=1S/C12H14BrFO3S/c13-10-4-3-9(12(14)6-10)8-18(15,16)11-2-1-5-17-7-11/h3-4,6,11H,1-2,5,7-8H2. The number of halogens is 2. The van der Waals surface area contributed by atoms with Crippen molar-refractivity contribution >= 4 is 25.8 Å². The summed E-state index contributed by atoms with van der Waals surface area (Å²) >= 11 is 3.14. The van der Waals surface area contributed by atoms with Gasteiger partial charge in [-0.2, -0.15) is 0 Å². The lowest BCUT2D eigenvalue weighted by molar-refractivity contribution is 0.0990. The fraction of sp³-hybridized carbons (Fsp3) is 0.500. The molecule has 18 heavy (non-hydrogen) atoms. The maximum absolute atomic E-state index is 13.6. The molecule has 1 aliphatic heterocycles. The van der Waals surface area contributed by atoms with Crippen LogP contribution in [0.5, 0.6) is 0 Å². The Labute approximate surface area is 114 Å². The molecule has 0 saturated carbocycles. The van der Waals surface area contributed by atoms with E-state index in [0.29, 0.717) is 17.5 Å². The van der Waals surface area contributed by atoms with Crippen LogP contribution < -0.4 is 0 Å². The molecule has 1 saturated heterocycles. The van der Waals surface area contributed by atoms with Gasteiger partial charge >= 0.3 is 0 Å². The number of benzene rings is 1. The van der Waals surface area contributed by atoms with E-state index < -0.39 is 20.9 Å². The van der Waals surface area contributed by atoms with Gasteiger partial charge in [0.2, 0.25) is 0 Å². The molecule has 1 unspecified atom stereocenters. The van der Waals surface area contributed by atoms with Crippen LogP contribution in [0.4, 0.5) is 4.39 Å². The van der Waals surface area contributed by atoms with E-state index in [1.165, 1.54) is 12.1 Å².